The summed E-state index contributed by atoms with van der Waals surface area (Å²) in [4.78, 5) is 0. The van der Waals surface area contributed by atoms with Gasteiger partial charge in [0.25, 0.3) is 0 Å². The van der Waals surface area contributed by atoms with Crippen molar-refractivity contribution in [2.45, 2.75) is 18.6 Å². The van der Waals surface area contributed by atoms with Gasteiger partial charge in [0.15, 0.2) is 0 Å². The summed E-state index contributed by atoms with van der Waals surface area (Å²) in [5.74, 6) is 0.233. The van der Waals surface area contributed by atoms with Crippen LogP contribution in [-0.4, -0.2) is 6.10 Å². The molecule has 2 atom stereocenters. The predicted molar refractivity (Wildman–Crippen MR) is 98.8 cm³/mol. The fourth-order valence-electron chi connectivity index (χ4n) is 3.39. The molecule has 24 heavy (non-hydrogen) atoms. The highest BCUT2D eigenvalue weighted by atomic mass is 16.5. The normalized spacial score (nSPS) is 20.0. The molecule has 1 aliphatic rings. The van der Waals surface area contributed by atoms with Gasteiger partial charge in [-0.25, -0.2) is 0 Å². The van der Waals surface area contributed by atoms with E-state index >= 15 is 0 Å². The zero-order chi connectivity index (χ0) is 16.2. The second-order valence-electron chi connectivity index (χ2n) is 6.13. The van der Waals surface area contributed by atoms with Crippen LogP contribution in [0.1, 0.15) is 28.2 Å². The summed E-state index contributed by atoms with van der Waals surface area (Å²) in [6.45, 7) is 0.670. The molecule has 0 radical (unpaired) electrons. The van der Waals surface area contributed by atoms with Crippen molar-refractivity contribution in [1.29, 1.82) is 0 Å². The molecule has 1 aliphatic heterocycles. The van der Waals surface area contributed by atoms with E-state index in [1.165, 1.54) is 22.3 Å². The minimum atomic E-state index is 0.0440. The average molecular weight is 312 g/mol. The molecule has 0 aromatic heterocycles. The standard InChI is InChI=1S/C23H20O/c1-3-9-18(10-4-1)15-16-22-23(19-11-5-2-6-12-19)21-14-8-7-13-20(21)17-24-22/h1-16,22-23H,17H2/b16-15+/t22-,23-/m1/s1. The second kappa shape index (κ2) is 6.86. The molecule has 0 spiro atoms. The highest BCUT2D eigenvalue weighted by Gasteiger charge is 2.29. The molecule has 0 bridgehead atoms. The molecule has 118 valence electrons. The number of rotatable bonds is 3. The van der Waals surface area contributed by atoms with E-state index in [1.54, 1.807) is 0 Å². The highest BCUT2D eigenvalue weighted by Crippen LogP contribution is 2.37. The van der Waals surface area contributed by atoms with Gasteiger partial charge in [0.1, 0.15) is 0 Å². The first-order chi connectivity index (χ1) is 11.9. The first-order valence-corrected chi connectivity index (χ1v) is 8.39. The second-order valence-corrected chi connectivity index (χ2v) is 6.13. The summed E-state index contributed by atoms with van der Waals surface area (Å²) >= 11 is 0. The largest absolute Gasteiger partial charge is 0.368 e. The third-order valence-corrected chi connectivity index (χ3v) is 4.59. The smallest absolute Gasteiger partial charge is 0.0872 e. The Morgan fingerprint density at radius 2 is 1.42 bits per heavy atom. The molecular formula is C23H20O. The monoisotopic (exact) mass is 312 g/mol. The SMILES string of the molecule is C(=C\[C@H]1OCc2ccccc2[C@H]1c1ccccc1)/c1ccccc1. The van der Waals surface area contributed by atoms with Crippen molar-refractivity contribution >= 4 is 6.08 Å². The first-order valence-electron chi connectivity index (χ1n) is 8.39. The molecule has 0 amide bonds. The molecule has 0 saturated carbocycles. The van der Waals surface area contributed by atoms with Gasteiger partial charge in [0.2, 0.25) is 0 Å². The maximum atomic E-state index is 6.21. The Hall–Kier alpha value is -2.64. The van der Waals surface area contributed by atoms with Gasteiger partial charge in [0.05, 0.1) is 12.7 Å². The molecule has 1 heteroatoms. The first kappa shape index (κ1) is 14.9. The van der Waals surface area contributed by atoms with E-state index in [2.05, 4.69) is 91.0 Å². The zero-order valence-corrected chi connectivity index (χ0v) is 13.5. The summed E-state index contributed by atoms with van der Waals surface area (Å²) in [6.07, 6.45) is 4.40. The van der Waals surface area contributed by atoms with E-state index in [-0.39, 0.29) is 12.0 Å². The van der Waals surface area contributed by atoms with E-state index in [1.807, 2.05) is 6.07 Å². The minimum Gasteiger partial charge on any atom is -0.368 e. The lowest BCUT2D eigenvalue weighted by molar-refractivity contribution is 0.0480. The van der Waals surface area contributed by atoms with Crippen LogP contribution in [0.15, 0.2) is 91.0 Å². The van der Waals surface area contributed by atoms with Gasteiger partial charge in [-0.3, -0.25) is 0 Å². The van der Waals surface area contributed by atoms with Crippen LogP contribution in [0.2, 0.25) is 0 Å². The van der Waals surface area contributed by atoms with Gasteiger partial charge in [-0.15, -0.1) is 0 Å². The van der Waals surface area contributed by atoms with Crippen LogP contribution in [0.25, 0.3) is 6.08 Å². The summed E-state index contributed by atoms with van der Waals surface area (Å²) in [5.41, 5.74) is 5.16. The number of benzene rings is 3. The van der Waals surface area contributed by atoms with Gasteiger partial charge in [-0.2, -0.15) is 0 Å². The molecule has 1 heterocycles. The Morgan fingerprint density at radius 1 is 0.750 bits per heavy atom. The Labute approximate surface area is 143 Å². The fourth-order valence-corrected chi connectivity index (χ4v) is 3.39. The number of hydrogen-bond donors (Lipinski definition) is 0. The van der Waals surface area contributed by atoms with Crippen molar-refractivity contribution in [1.82, 2.24) is 0 Å². The highest BCUT2D eigenvalue weighted by molar-refractivity contribution is 5.51. The van der Waals surface area contributed by atoms with Crippen molar-refractivity contribution in [2.75, 3.05) is 0 Å². The van der Waals surface area contributed by atoms with E-state index < -0.39 is 0 Å². The molecule has 0 saturated heterocycles. The van der Waals surface area contributed by atoms with E-state index in [4.69, 9.17) is 4.74 Å². The van der Waals surface area contributed by atoms with Crippen LogP contribution in [0, 0.1) is 0 Å². The summed E-state index contributed by atoms with van der Waals surface area (Å²) in [6, 6.07) is 29.7. The van der Waals surface area contributed by atoms with Crippen LogP contribution in [0.5, 0.6) is 0 Å². The van der Waals surface area contributed by atoms with Crippen LogP contribution in [-0.2, 0) is 11.3 Å². The third-order valence-electron chi connectivity index (χ3n) is 4.59. The molecule has 1 nitrogen and oxygen atoms in total. The molecule has 3 aromatic carbocycles. The molecular weight excluding hydrogens is 292 g/mol. The van der Waals surface area contributed by atoms with Crippen molar-refractivity contribution in [3.05, 3.63) is 113 Å². The molecule has 0 aliphatic carbocycles. The number of ether oxygens (including phenoxy) is 1. The lowest BCUT2D eigenvalue weighted by Gasteiger charge is -2.32. The van der Waals surface area contributed by atoms with Crippen molar-refractivity contribution in [3.8, 4) is 0 Å². The van der Waals surface area contributed by atoms with E-state index in [0.717, 1.165) is 0 Å². The molecule has 0 fully saturated rings. The van der Waals surface area contributed by atoms with Crippen LogP contribution < -0.4 is 0 Å². The Morgan fingerprint density at radius 3 is 2.21 bits per heavy atom. The van der Waals surface area contributed by atoms with Crippen LogP contribution in [0.3, 0.4) is 0 Å². The summed E-state index contributed by atoms with van der Waals surface area (Å²) in [5, 5.41) is 0. The van der Waals surface area contributed by atoms with Crippen molar-refractivity contribution in [2.24, 2.45) is 0 Å². The summed E-state index contributed by atoms with van der Waals surface area (Å²) in [7, 11) is 0. The summed E-state index contributed by atoms with van der Waals surface area (Å²) < 4.78 is 6.21. The number of fused-ring (bicyclic) bond motifs is 1. The van der Waals surface area contributed by atoms with Gasteiger partial charge < -0.3 is 4.74 Å². The molecule has 4 rings (SSSR count). The van der Waals surface area contributed by atoms with Gasteiger partial charge >= 0.3 is 0 Å². The quantitative estimate of drug-likeness (QED) is 0.626. The predicted octanol–water partition coefficient (Wildman–Crippen LogP) is 5.43. The van der Waals surface area contributed by atoms with Crippen molar-refractivity contribution < 1.29 is 4.74 Å². The Kier molecular flexibility index (Phi) is 4.26. The molecule has 3 aromatic rings. The average Bonchev–Trinajstić information content (AvgIpc) is 2.67. The topological polar surface area (TPSA) is 9.23 Å². The van der Waals surface area contributed by atoms with Crippen molar-refractivity contribution in [3.63, 3.8) is 0 Å². The lowest BCUT2D eigenvalue weighted by Crippen LogP contribution is -2.27. The van der Waals surface area contributed by atoms with Crippen LogP contribution in [0.4, 0.5) is 0 Å². The van der Waals surface area contributed by atoms with Crippen LogP contribution >= 0.6 is 0 Å². The third kappa shape index (κ3) is 3.04. The van der Waals surface area contributed by atoms with E-state index in [9.17, 15) is 0 Å². The van der Waals surface area contributed by atoms with Gasteiger partial charge in [-0.1, -0.05) is 97.1 Å². The van der Waals surface area contributed by atoms with E-state index in [0.29, 0.717) is 6.61 Å². The maximum absolute atomic E-state index is 6.21. The van der Waals surface area contributed by atoms with Gasteiger partial charge in [0, 0.05) is 5.92 Å². The van der Waals surface area contributed by atoms with Gasteiger partial charge in [-0.05, 0) is 22.3 Å². The maximum Gasteiger partial charge on any atom is 0.0872 e. The Balaban J connectivity index is 1.72. The zero-order valence-electron chi connectivity index (χ0n) is 13.5. The Bertz CT molecular complexity index is 821. The molecule has 0 unspecified atom stereocenters. The number of hydrogen-bond acceptors (Lipinski definition) is 1. The molecule has 0 N–H and O–H groups in total. The minimum absolute atomic E-state index is 0.0440. The fraction of sp³-hybridized carbons (Fsp3) is 0.130. The lowest BCUT2D eigenvalue weighted by atomic mass is 9.82.